The lowest BCUT2D eigenvalue weighted by Crippen LogP contribution is -2.48. The lowest BCUT2D eigenvalue weighted by atomic mass is 9.67. The van der Waals surface area contributed by atoms with Crippen LogP contribution < -0.4 is 0 Å². The SMILES string of the molecule is CCC(=O)C(C[C@@H](C)[N+](C)(C)[O-])(c1ccccc1)c1ccccc1. The van der Waals surface area contributed by atoms with Gasteiger partial charge in [-0.15, -0.1) is 0 Å². The zero-order valence-corrected chi connectivity index (χ0v) is 15.0. The molecule has 2 aromatic carbocycles. The lowest BCUT2D eigenvalue weighted by Gasteiger charge is -2.45. The number of hydrogen-bond donors (Lipinski definition) is 0. The topological polar surface area (TPSA) is 40.1 Å². The van der Waals surface area contributed by atoms with E-state index in [1.54, 1.807) is 14.1 Å². The first kappa shape index (κ1) is 18.4. The molecule has 0 saturated carbocycles. The third kappa shape index (κ3) is 3.58. The van der Waals surface area contributed by atoms with Crippen LogP contribution in [0.3, 0.4) is 0 Å². The minimum absolute atomic E-state index is 0.153. The van der Waals surface area contributed by atoms with Crippen molar-refractivity contribution in [2.75, 3.05) is 14.1 Å². The van der Waals surface area contributed by atoms with Gasteiger partial charge >= 0.3 is 0 Å². The van der Waals surface area contributed by atoms with Gasteiger partial charge in [-0.25, -0.2) is 0 Å². The van der Waals surface area contributed by atoms with E-state index in [-0.39, 0.29) is 11.8 Å². The molecule has 0 aliphatic rings. The van der Waals surface area contributed by atoms with Gasteiger partial charge in [0.2, 0.25) is 0 Å². The first-order valence-electron chi connectivity index (χ1n) is 8.51. The van der Waals surface area contributed by atoms with Crippen LogP contribution in [-0.4, -0.2) is 30.6 Å². The summed E-state index contributed by atoms with van der Waals surface area (Å²) in [4.78, 5) is 13.2. The van der Waals surface area contributed by atoms with Gasteiger partial charge in [0.1, 0.15) is 5.78 Å². The molecule has 0 unspecified atom stereocenters. The third-order valence-corrected chi connectivity index (χ3v) is 4.99. The van der Waals surface area contributed by atoms with E-state index in [2.05, 4.69) is 0 Å². The molecule has 0 aromatic heterocycles. The fraction of sp³-hybridized carbons (Fsp3) is 0.381. The van der Waals surface area contributed by atoms with Gasteiger partial charge in [-0.1, -0.05) is 67.6 Å². The van der Waals surface area contributed by atoms with Crippen molar-refractivity contribution in [2.45, 2.75) is 38.1 Å². The number of carbonyl (C=O) groups excluding carboxylic acids is 1. The second kappa shape index (κ2) is 7.29. The monoisotopic (exact) mass is 325 g/mol. The van der Waals surface area contributed by atoms with Gasteiger partial charge < -0.3 is 9.85 Å². The van der Waals surface area contributed by atoms with Crippen LogP contribution in [0.4, 0.5) is 0 Å². The highest BCUT2D eigenvalue weighted by Gasteiger charge is 2.43. The maximum absolute atomic E-state index is 13.2. The molecule has 0 spiro atoms. The second-order valence-electron chi connectivity index (χ2n) is 6.90. The predicted octanol–water partition coefficient (Wildman–Crippen LogP) is 4.30. The molecule has 1 atom stereocenters. The van der Waals surface area contributed by atoms with Gasteiger partial charge in [-0.3, -0.25) is 4.79 Å². The van der Waals surface area contributed by atoms with Crippen LogP contribution in [0.2, 0.25) is 0 Å². The van der Waals surface area contributed by atoms with E-state index in [0.29, 0.717) is 12.8 Å². The quantitative estimate of drug-likeness (QED) is 0.562. The molecule has 2 rings (SSSR count). The Morgan fingerprint density at radius 2 is 1.42 bits per heavy atom. The molecule has 2 aromatic rings. The van der Waals surface area contributed by atoms with Gasteiger partial charge in [-0.2, -0.15) is 0 Å². The summed E-state index contributed by atoms with van der Waals surface area (Å²) >= 11 is 0. The van der Waals surface area contributed by atoms with Crippen LogP contribution in [0.25, 0.3) is 0 Å². The molecule has 0 bridgehead atoms. The largest absolute Gasteiger partial charge is 0.633 e. The fourth-order valence-electron chi connectivity index (χ4n) is 3.25. The van der Waals surface area contributed by atoms with Crippen LogP contribution in [0.1, 0.15) is 37.8 Å². The van der Waals surface area contributed by atoms with Crippen LogP contribution in [0.15, 0.2) is 60.7 Å². The Bertz CT molecular complexity index is 620. The molecule has 3 heteroatoms. The van der Waals surface area contributed by atoms with Crippen LogP contribution >= 0.6 is 0 Å². The average Bonchev–Trinajstić information content (AvgIpc) is 2.59. The normalized spacial score (nSPS) is 13.5. The summed E-state index contributed by atoms with van der Waals surface area (Å²) in [7, 11) is 3.28. The zero-order valence-electron chi connectivity index (χ0n) is 15.0. The minimum atomic E-state index is -0.781. The standard InChI is InChI=1S/C21H27NO2/c1-5-20(23)21(16-17(2)22(3,4)24,18-12-8-6-9-13-18)19-14-10-7-11-15-19/h6-15,17H,5,16H2,1-4H3/t17-/m1/s1. The summed E-state index contributed by atoms with van der Waals surface area (Å²) < 4.78 is -0.418. The Labute approximate surface area is 145 Å². The molecule has 0 aliphatic heterocycles. The highest BCUT2D eigenvalue weighted by molar-refractivity contribution is 5.93. The van der Waals surface area contributed by atoms with Crippen molar-refractivity contribution in [3.05, 3.63) is 77.0 Å². The zero-order chi connectivity index (χ0) is 17.8. The van der Waals surface area contributed by atoms with Crippen molar-refractivity contribution < 1.29 is 9.44 Å². The van der Waals surface area contributed by atoms with Crippen LogP contribution in [0, 0.1) is 5.21 Å². The number of quaternary nitrogens is 1. The minimum Gasteiger partial charge on any atom is -0.633 e. The Kier molecular flexibility index (Phi) is 5.58. The van der Waals surface area contributed by atoms with E-state index in [4.69, 9.17) is 0 Å². The van der Waals surface area contributed by atoms with E-state index in [9.17, 15) is 10.0 Å². The lowest BCUT2D eigenvalue weighted by molar-refractivity contribution is -0.865. The predicted molar refractivity (Wildman–Crippen MR) is 98.5 cm³/mol. The smallest absolute Gasteiger partial charge is 0.147 e. The first-order chi connectivity index (χ1) is 11.3. The number of benzene rings is 2. The number of Topliss-reactive ketones (excluding diaryl/α,β-unsaturated/α-hetero) is 1. The molecule has 3 nitrogen and oxygen atoms in total. The summed E-state index contributed by atoms with van der Waals surface area (Å²) in [6.07, 6.45) is 0.924. The van der Waals surface area contributed by atoms with Gasteiger partial charge in [0.05, 0.1) is 25.6 Å². The highest BCUT2D eigenvalue weighted by Crippen LogP contribution is 2.40. The van der Waals surface area contributed by atoms with Gasteiger partial charge in [0.15, 0.2) is 0 Å². The van der Waals surface area contributed by atoms with Crippen molar-refractivity contribution >= 4 is 5.78 Å². The number of nitrogens with zero attached hydrogens (tertiary/aromatic N) is 1. The molecular weight excluding hydrogens is 298 g/mol. The van der Waals surface area contributed by atoms with Crippen LogP contribution in [-0.2, 0) is 10.2 Å². The van der Waals surface area contributed by atoms with Crippen molar-refractivity contribution in [3.63, 3.8) is 0 Å². The Hall–Kier alpha value is -1.97. The molecule has 0 fully saturated rings. The number of carbonyl (C=O) groups is 1. The van der Waals surface area contributed by atoms with E-state index in [1.165, 1.54) is 0 Å². The average molecular weight is 325 g/mol. The second-order valence-corrected chi connectivity index (χ2v) is 6.90. The Balaban J connectivity index is 2.68. The van der Waals surface area contributed by atoms with Crippen molar-refractivity contribution in [2.24, 2.45) is 0 Å². The van der Waals surface area contributed by atoms with Crippen molar-refractivity contribution in [3.8, 4) is 0 Å². The molecule has 0 N–H and O–H groups in total. The summed E-state index contributed by atoms with van der Waals surface area (Å²) in [6, 6.07) is 19.5. The van der Waals surface area contributed by atoms with Gasteiger partial charge in [-0.05, 0) is 18.1 Å². The maximum atomic E-state index is 13.2. The Morgan fingerprint density at radius 3 is 1.75 bits per heavy atom. The molecule has 0 radical (unpaired) electrons. The van der Waals surface area contributed by atoms with Gasteiger partial charge in [0, 0.05) is 12.8 Å². The molecule has 24 heavy (non-hydrogen) atoms. The molecule has 0 heterocycles. The summed E-state index contributed by atoms with van der Waals surface area (Å²) in [6.45, 7) is 3.82. The summed E-state index contributed by atoms with van der Waals surface area (Å²) in [5.41, 5.74) is 1.14. The first-order valence-corrected chi connectivity index (χ1v) is 8.51. The van der Waals surface area contributed by atoms with Crippen molar-refractivity contribution in [1.29, 1.82) is 0 Å². The highest BCUT2D eigenvalue weighted by atomic mass is 16.5. The number of ketones is 1. The molecule has 0 saturated heterocycles. The summed E-state index contributed by atoms with van der Waals surface area (Å²) in [5, 5.41) is 12.5. The van der Waals surface area contributed by atoms with Gasteiger partial charge in [0.25, 0.3) is 0 Å². The van der Waals surface area contributed by atoms with Crippen LogP contribution in [0.5, 0.6) is 0 Å². The molecule has 0 aliphatic carbocycles. The maximum Gasteiger partial charge on any atom is 0.147 e. The van der Waals surface area contributed by atoms with E-state index >= 15 is 0 Å². The Morgan fingerprint density at radius 1 is 1.00 bits per heavy atom. The fourth-order valence-corrected chi connectivity index (χ4v) is 3.25. The number of rotatable bonds is 7. The molecule has 0 amide bonds. The molecule has 128 valence electrons. The third-order valence-electron chi connectivity index (χ3n) is 4.99. The summed E-state index contributed by atoms with van der Waals surface area (Å²) in [5.74, 6) is 0.153. The van der Waals surface area contributed by atoms with E-state index in [0.717, 1.165) is 11.1 Å². The van der Waals surface area contributed by atoms with E-state index in [1.807, 2.05) is 74.5 Å². The van der Waals surface area contributed by atoms with Crippen molar-refractivity contribution in [1.82, 2.24) is 0 Å². The number of hydrogen-bond acceptors (Lipinski definition) is 2. The molecular formula is C21H27NO2. The van der Waals surface area contributed by atoms with E-state index < -0.39 is 10.1 Å². The number of hydroxylamine groups is 3.